The molecule has 0 aromatic carbocycles. The molecule has 0 fully saturated rings. The second-order valence-corrected chi connectivity index (χ2v) is 4.45. The van der Waals surface area contributed by atoms with Gasteiger partial charge in [-0.2, -0.15) is 25.3 Å². The molecule has 6 heteroatoms. The Balaban J connectivity index is 0. The van der Waals surface area contributed by atoms with E-state index in [0.717, 1.165) is 0 Å². The maximum absolute atomic E-state index is 9.56. The predicted octanol–water partition coefficient (Wildman–Crippen LogP) is -0.437. The highest BCUT2D eigenvalue weighted by molar-refractivity contribution is 7.83. The van der Waals surface area contributed by atoms with Crippen molar-refractivity contribution in [2.45, 2.75) is 12.2 Å². The SMILES string of the molecule is CS(C)=O.O[C@H](CS)[C@@H](O)CS. The van der Waals surface area contributed by atoms with Gasteiger partial charge >= 0.3 is 0 Å². The van der Waals surface area contributed by atoms with Crippen LogP contribution in [0.1, 0.15) is 0 Å². The molecule has 0 aromatic rings. The van der Waals surface area contributed by atoms with Crippen LogP contribution in [0.4, 0.5) is 0 Å². The molecule has 0 bridgehead atoms. The fourth-order valence-electron chi connectivity index (χ4n) is 0.243. The van der Waals surface area contributed by atoms with E-state index in [1.54, 1.807) is 12.5 Å². The predicted molar refractivity (Wildman–Crippen MR) is 59.7 cm³/mol. The summed E-state index contributed by atoms with van der Waals surface area (Å²) in [5.41, 5.74) is 0. The molecule has 2 atom stereocenters. The fraction of sp³-hybridized carbons (Fsp3) is 1.00. The van der Waals surface area contributed by atoms with Crippen LogP contribution in [0.2, 0.25) is 0 Å². The first kappa shape index (κ1) is 15.3. The van der Waals surface area contributed by atoms with Gasteiger partial charge in [-0.3, -0.25) is 4.21 Å². The summed E-state index contributed by atoms with van der Waals surface area (Å²) in [5, 5.41) is 17.5. The highest BCUT2D eigenvalue weighted by Gasteiger charge is 2.10. The smallest absolute Gasteiger partial charge is 0.0894 e. The third kappa shape index (κ3) is 13.4. The normalized spacial score (nSPS) is 14.9. The fourth-order valence-corrected chi connectivity index (χ4v) is 0.730. The van der Waals surface area contributed by atoms with Crippen LogP contribution in [0.25, 0.3) is 0 Å². The van der Waals surface area contributed by atoms with Gasteiger partial charge in [-0.25, -0.2) is 0 Å². The molecule has 0 saturated heterocycles. The standard InChI is InChI=1S/C4H10O2S2.C2H6OS/c5-3(1-7)4(6)2-8;1-4(2)3/h3-8H,1-2H2;1-2H3/t3-,4+;. The molecule has 0 radical (unpaired) electrons. The molecule has 0 heterocycles. The number of hydrogen-bond donors (Lipinski definition) is 4. The number of hydrogen-bond acceptors (Lipinski definition) is 5. The summed E-state index contributed by atoms with van der Waals surface area (Å²) in [7, 11) is -0.611. The summed E-state index contributed by atoms with van der Waals surface area (Å²) in [6.45, 7) is 0. The topological polar surface area (TPSA) is 57.5 Å². The number of aliphatic hydroxyl groups excluding tert-OH is 2. The Labute approximate surface area is 86.8 Å². The van der Waals surface area contributed by atoms with Crippen LogP contribution < -0.4 is 0 Å². The molecule has 0 amide bonds. The van der Waals surface area contributed by atoms with Crippen LogP contribution in [0.15, 0.2) is 0 Å². The molecule has 0 aromatic heterocycles. The van der Waals surface area contributed by atoms with Crippen LogP contribution in [0.5, 0.6) is 0 Å². The Morgan fingerprint density at radius 2 is 1.33 bits per heavy atom. The van der Waals surface area contributed by atoms with Gasteiger partial charge in [0.15, 0.2) is 0 Å². The lowest BCUT2D eigenvalue weighted by Crippen LogP contribution is -2.28. The average molecular weight is 232 g/mol. The maximum atomic E-state index is 9.56. The third-order valence-electron chi connectivity index (χ3n) is 0.818. The van der Waals surface area contributed by atoms with Gasteiger partial charge < -0.3 is 10.2 Å². The third-order valence-corrected chi connectivity index (χ3v) is 1.57. The van der Waals surface area contributed by atoms with Crippen molar-refractivity contribution in [3.8, 4) is 0 Å². The first-order valence-corrected chi connectivity index (χ1v) is 6.51. The van der Waals surface area contributed by atoms with E-state index in [-0.39, 0.29) is 11.5 Å². The van der Waals surface area contributed by atoms with Crippen molar-refractivity contribution < 1.29 is 14.4 Å². The molecule has 12 heavy (non-hydrogen) atoms. The van der Waals surface area contributed by atoms with Crippen molar-refractivity contribution >= 4 is 36.1 Å². The summed E-state index contributed by atoms with van der Waals surface area (Å²) >= 11 is 7.53. The summed E-state index contributed by atoms with van der Waals surface area (Å²) in [6.07, 6.45) is 1.80. The molecule has 76 valence electrons. The van der Waals surface area contributed by atoms with Gasteiger partial charge in [0.25, 0.3) is 0 Å². The minimum Gasteiger partial charge on any atom is -0.390 e. The number of rotatable bonds is 3. The van der Waals surface area contributed by atoms with Crippen molar-refractivity contribution in [3.63, 3.8) is 0 Å². The van der Waals surface area contributed by atoms with Gasteiger partial charge in [-0.15, -0.1) is 0 Å². The molecule has 0 rings (SSSR count). The van der Waals surface area contributed by atoms with Crippen molar-refractivity contribution in [2.75, 3.05) is 24.0 Å². The molecule has 0 aliphatic rings. The van der Waals surface area contributed by atoms with Gasteiger partial charge in [0, 0.05) is 34.8 Å². The van der Waals surface area contributed by atoms with Crippen LogP contribution >= 0.6 is 25.3 Å². The van der Waals surface area contributed by atoms with Crippen molar-refractivity contribution in [3.05, 3.63) is 0 Å². The van der Waals surface area contributed by atoms with Gasteiger partial charge in [-0.05, 0) is 0 Å². The molecule has 0 aliphatic heterocycles. The largest absolute Gasteiger partial charge is 0.390 e. The maximum Gasteiger partial charge on any atom is 0.0894 e. The summed E-state index contributed by atoms with van der Waals surface area (Å²) in [5.74, 6) is 0.559. The summed E-state index contributed by atoms with van der Waals surface area (Å²) < 4.78 is 9.56. The van der Waals surface area contributed by atoms with Crippen molar-refractivity contribution in [2.24, 2.45) is 0 Å². The van der Waals surface area contributed by atoms with Gasteiger partial charge in [0.05, 0.1) is 12.2 Å². The average Bonchev–Trinajstić information content (AvgIpc) is 2.00. The van der Waals surface area contributed by atoms with Crippen molar-refractivity contribution in [1.29, 1.82) is 0 Å². The Morgan fingerprint density at radius 3 is 1.42 bits per heavy atom. The Bertz CT molecular complexity index is 109. The summed E-state index contributed by atoms with van der Waals surface area (Å²) in [6, 6.07) is 0. The highest BCUT2D eigenvalue weighted by atomic mass is 32.2. The minimum atomic E-state index is -0.740. The van der Waals surface area contributed by atoms with Crippen LogP contribution in [0, 0.1) is 0 Å². The summed E-state index contributed by atoms with van der Waals surface area (Å²) in [4.78, 5) is 0. The Kier molecular flexibility index (Phi) is 12.5. The zero-order valence-corrected chi connectivity index (χ0v) is 9.78. The van der Waals surface area contributed by atoms with Crippen molar-refractivity contribution in [1.82, 2.24) is 0 Å². The number of aliphatic hydroxyl groups is 2. The first-order valence-electron chi connectivity index (χ1n) is 3.28. The lowest BCUT2D eigenvalue weighted by Gasteiger charge is -2.11. The van der Waals surface area contributed by atoms with E-state index in [2.05, 4.69) is 25.3 Å². The van der Waals surface area contributed by atoms with Crippen LogP contribution in [-0.4, -0.2) is 50.6 Å². The lowest BCUT2D eigenvalue weighted by atomic mass is 10.3. The Hall–Kier alpha value is 0.770. The van der Waals surface area contributed by atoms with E-state index < -0.39 is 23.0 Å². The Morgan fingerprint density at radius 1 is 1.17 bits per heavy atom. The zero-order valence-electron chi connectivity index (χ0n) is 7.17. The molecular formula is C6H16O3S3. The molecule has 0 spiro atoms. The van der Waals surface area contributed by atoms with E-state index in [9.17, 15) is 4.21 Å². The van der Waals surface area contributed by atoms with Gasteiger partial charge in [-0.1, -0.05) is 0 Å². The molecule has 2 N–H and O–H groups in total. The van der Waals surface area contributed by atoms with E-state index in [1.165, 1.54) is 0 Å². The lowest BCUT2D eigenvalue weighted by molar-refractivity contribution is 0.0504. The van der Waals surface area contributed by atoms with Crippen LogP contribution in [0.3, 0.4) is 0 Å². The first-order chi connectivity index (χ1) is 5.45. The second-order valence-electron chi connectivity index (χ2n) is 2.24. The minimum absolute atomic E-state index is 0.279. The molecule has 0 unspecified atom stereocenters. The van der Waals surface area contributed by atoms with Gasteiger partial charge in [0.1, 0.15) is 0 Å². The molecule has 0 aliphatic carbocycles. The molecule has 0 saturated carbocycles. The van der Waals surface area contributed by atoms with Crippen LogP contribution in [-0.2, 0) is 10.8 Å². The molecular weight excluding hydrogens is 216 g/mol. The van der Waals surface area contributed by atoms with E-state index in [0.29, 0.717) is 0 Å². The molecule has 3 nitrogen and oxygen atoms in total. The van der Waals surface area contributed by atoms with Gasteiger partial charge in [0.2, 0.25) is 0 Å². The van der Waals surface area contributed by atoms with E-state index in [1.807, 2.05) is 0 Å². The highest BCUT2D eigenvalue weighted by Crippen LogP contribution is 1.96. The van der Waals surface area contributed by atoms with E-state index in [4.69, 9.17) is 10.2 Å². The number of thiol groups is 2. The zero-order chi connectivity index (χ0) is 10.1. The monoisotopic (exact) mass is 232 g/mol. The quantitative estimate of drug-likeness (QED) is 0.499. The van der Waals surface area contributed by atoms with E-state index >= 15 is 0 Å². The second kappa shape index (κ2) is 9.85.